The number of aliphatic hydroxyl groups excluding tert-OH is 1. The molecule has 1 unspecified atom stereocenters. The lowest BCUT2D eigenvalue weighted by atomic mass is 9.65. The molecule has 0 saturated heterocycles. The fourth-order valence-electron chi connectivity index (χ4n) is 2.47. The average molecular weight is 217 g/mol. The summed E-state index contributed by atoms with van der Waals surface area (Å²) in [6.07, 6.45) is 7.80. The molecule has 1 heterocycles. The third kappa shape index (κ3) is 1.28. The number of imidazole rings is 1. The van der Waals surface area contributed by atoms with Crippen LogP contribution in [0.2, 0.25) is 0 Å². The number of aromatic nitrogens is 2. The van der Waals surface area contributed by atoms with E-state index in [1.165, 1.54) is 0 Å². The first-order valence-corrected chi connectivity index (χ1v) is 5.88. The minimum atomic E-state index is -0.672. The van der Waals surface area contributed by atoms with Gasteiger partial charge in [0.1, 0.15) is 6.10 Å². The Balaban J connectivity index is 1.91. The first kappa shape index (κ1) is 9.86. The Morgan fingerprint density at radius 2 is 2.31 bits per heavy atom. The van der Waals surface area contributed by atoms with Crippen LogP contribution in [-0.4, -0.2) is 14.7 Å². The smallest absolute Gasteiger partial charge is 0.114 e. The average Bonchev–Trinajstić information content (AvgIpc) is 2.95. The number of hydrogen-bond donors (Lipinski definition) is 1. The van der Waals surface area contributed by atoms with E-state index in [-0.39, 0.29) is 0 Å². The van der Waals surface area contributed by atoms with E-state index in [9.17, 15) is 10.4 Å². The topological polar surface area (TPSA) is 61.8 Å². The van der Waals surface area contributed by atoms with Gasteiger partial charge in [-0.05, 0) is 25.7 Å². The molecule has 0 aromatic carbocycles. The molecule has 1 N–H and O–H groups in total. The van der Waals surface area contributed by atoms with Crippen LogP contribution in [0, 0.1) is 16.7 Å². The zero-order valence-corrected chi connectivity index (χ0v) is 9.13. The van der Waals surface area contributed by atoms with Crippen LogP contribution in [0.25, 0.3) is 0 Å². The Bertz CT molecular complexity index is 437. The zero-order valence-electron chi connectivity index (χ0n) is 9.13. The molecule has 0 amide bonds. The van der Waals surface area contributed by atoms with E-state index in [1.807, 2.05) is 4.57 Å². The Morgan fingerprint density at radius 1 is 1.56 bits per heavy atom. The number of aliphatic hydroxyl groups is 1. The fraction of sp³-hybridized carbons (Fsp3) is 0.667. The quantitative estimate of drug-likeness (QED) is 0.841. The van der Waals surface area contributed by atoms with Crippen LogP contribution in [0.1, 0.15) is 49.9 Å². The third-order valence-electron chi connectivity index (χ3n) is 3.91. The molecule has 1 atom stereocenters. The van der Waals surface area contributed by atoms with Gasteiger partial charge >= 0.3 is 0 Å². The van der Waals surface area contributed by atoms with Gasteiger partial charge in [0.2, 0.25) is 0 Å². The molecule has 0 bridgehead atoms. The maximum atomic E-state index is 10.4. The summed E-state index contributed by atoms with van der Waals surface area (Å²) in [5, 5.41) is 19.6. The van der Waals surface area contributed by atoms with Gasteiger partial charge < -0.3 is 9.67 Å². The lowest BCUT2D eigenvalue weighted by Gasteiger charge is -2.39. The molecule has 2 fully saturated rings. The minimum absolute atomic E-state index is 0.503. The van der Waals surface area contributed by atoms with Gasteiger partial charge in [0.05, 0.1) is 29.7 Å². The van der Waals surface area contributed by atoms with E-state index in [2.05, 4.69) is 11.1 Å². The highest BCUT2D eigenvalue weighted by atomic mass is 16.3. The Labute approximate surface area is 94.5 Å². The summed E-state index contributed by atoms with van der Waals surface area (Å²) >= 11 is 0. The highest BCUT2D eigenvalue weighted by molar-refractivity contribution is 5.19. The van der Waals surface area contributed by atoms with E-state index >= 15 is 0 Å². The number of nitrogens with zero attached hydrogens (tertiary/aromatic N) is 3. The zero-order chi connectivity index (χ0) is 11.2. The Kier molecular flexibility index (Phi) is 2.05. The monoisotopic (exact) mass is 217 g/mol. The van der Waals surface area contributed by atoms with E-state index in [0.29, 0.717) is 6.04 Å². The van der Waals surface area contributed by atoms with Crippen LogP contribution >= 0.6 is 0 Å². The van der Waals surface area contributed by atoms with Gasteiger partial charge in [0.15, 0.2) is 0 Å². The molecule has 0 radical (unpaired) electrons. The SMILES string of the molecule is N#CC1(C(O)c2cncn2C2CC2)CCC1. The molecular weight excluding hydrogens is 202 g/mol. The maximum Gasteiger partial charge on any atom is 0.114 e. The largest absolute Gasteiger partial charge is 0.385 e. The predicted octanol–water partition coefficient (Wildman–Crippen LogP) is 1.95. The normalized spacial score (nSPS) is 24.5. The third-order valence-corrected chi connectivity index (χ3v) is 3.91. The van der Waals surface area contributed by atoms with Crippen molar-refractivity contribution in [3.8, 4) is 6.07 Å². The molecule has 16 heavy (non-hydrogen) atoms. The summed E-state index contributed by atoms with van der Waals surface area (Å²) in [7, 11) is 0. The fourth-order valence-corrected chi connectivity index (χ4v) is 2.47. The van der Waals surface area contributed by atoms with E-state index in [4.69, 9.17) is 0 Å². The second-order valence-electron chi connectivity index (χ2n) is 4.98. The van der Waals surface area contributed by atoms with Crippen LogP contribution in [0.15, 0.2) is 12.5 Å². The van der Waals surface area contributed by atoms with Crippen molar-refractivity contribution in [2.24, 2.45) is 5.41 Å². The van der Waals surface area contributed by atoms with Crippen LogP contribution in [0.4, 0.5) is 0 Å². The standard InChI is InChI=1S/C12H15N3O/c13-7-12(4-1-5-12)11(16)10-6-14-8-15(10)9-2-3-9/h6,8-9,11,16H,1-5H2. The molecular formula is C12H15N3O. The van der Waals surface area contributed by atoms with E-state index in [1.54, 1.807) is 12.5 Å². The molecule has 2 aliphatic carbocycles. The first-order chi connectivity index (χ1) is 7.77. The van der Waals surface area contributed by atoms with Gasteiger partial charge in [-0.15, -0.1) is 0 Å². The van der Waals surface area contributed by atoms with Crippen molar-refractivity contribution in [1.29, 1.82) is 5.26 Å². The van der Waals surface area contributed by atoms with Gasteiger partial charge in [-0.1, -0.05) is 6.42 Å². The van der Waals surface area contributed by atoms with Crippen LogP contribution in [0.5, 0.6) is 0 Å². The van der Waals surface area contributed by atoms with Crippen LogP contribution in [0.3, 0.4) is 0 Å². The van der Waals surface area contributed by atoms with Crippen molar-refractivity contribution in [1.82, 2.24) is 9.55 Å². The summed E-state index contributed by atoms with van der Waals surface area (Å²) in [5.74, 6) is 0. The summed E-state index contributed by atoms with van der Waals surface area (Å²) < 4.78 is 2.04. The summed E-state index contributed by atoms with van der Waals surface area (Å²) in [5.41, 5.74) is 0.274. The molecule has 4 nitrogen and oxygen atoms in total. The molecule has 3 rings (SSSR count). The van der Waals surface area contributed by atoms with Crippen molar-refractivity contribution in [2.75, 3.05) is 0 Å². The van der Waals surface area contributed by atoms with E-state index in [0.717, 1.165) is 37.8 Å². The van der Waals surface area contributed by atoms with Crippen LogP contribution in [-0.2, 0) is 0 Å². The lowest BCUT2D eigenvalue weighted by molar-refractivity contribution is 0.00263. The molecule has 1 aromatic rings. The van der Waals surface area contributed by atoms with E-state index < -0.39 is 11.5 Å². The minimum Gasteiger partial charge on any atom is -0.385 e. The summed E-state index contributed by atoms with van der Waals surface area (Å²) in [6.45, 7) is 0. The summed E-state index contributed by atoms with van der Waals surface area (Å²) in [4.78, 5) is 4.10. The number of rotatable bonds is 3. The Hall–Kier alpha value is -1.34. The van der Waals surface area contributed by atoms with Gasteiger partial charge in [0, 0.05) is 6.04 Å². The van der Waals surface area contributed by atoms with Gasteiger partial charge in [-0.2, -0.15) is 5.26 Å². The first-order valence-electron chi connectivity index (χ1n) is 5.88. The molecule has 1 aromatic heterocycles. The highest BCUT2D eigenvalue weighted by Crippen LogP contribution is 2.50. The second kappa shape index (κ2) is 3.33. The molecule has 2 aliphatic rings. The predicted molar refractivity (Wildman–Crippen MR) is 57.4 cm³/mol. The van der Waals surface area contributed by atoms with Gasteiger partial charge in [-0.3, -0.25) is 0 Å². The van der Waals surface area contributed by atoms with Crippen molar-refractivity contribution in [2.45, 2.75) is 44.2 Å². The van der Waals surface area contributed by atoms with Gasteiger partial charge in [-0.25, -0.2) is 4.98 Å². The van der Waals surface area contributed by atoms with Gasteiger partial charge in [0.25, 0.3) is 0 Å². The van der Waals surface area contributed by atoms with Crippen LogP contribution < -0.4 is 0 Å². The molecule has 4 heteroatoms. The highest BCUT2D eigenvalue weighted by Gasteiger charge is 2.46. The molecule has 0 aliphatic heterocycles. The molecule has 84 valence electrons. The number of nitriles is 1. The Morgan fingerprint density at radius 3 is 2.81 bits per heavy atom. The lowest BCUT2D eigenvalue weighted by Crippen LogP contribution is -2.35. The summed E-state index contributed by atoms with van der Waals surface area (Å²) in [6, 6.07) is 2.80. The van der Waals surface area contributed by atoms with Crippen molar-refractivity contribution in [3.05, 3.63) is 18.2 Å². The van der Waals surface area contributed by atoms with Crippen molar-refractivity contribution >= 4 is 0 Å². The second-order valence-corrected chi connectivity index (χ2v) is 4.98. The molecule has 0 spiro atoms. The van der Waals surface area contributed by atoms with Crippen molar-refractivity contribution < 1.29 is 5.11 Å². The maximum absolute atomic E-state index is 10.4. The van der Waals surface area contributed by atoms with Crippen molar-refractivity contribution in [3.63, 3.8) is 0 Å². The number of hydrogen-bond acceptors (Lipinski definition) is 3. The molecule has 2 saturated carbocycles.